The third kappa shape index (κ3) is 4.49. The lowest BCUT2D eigenvalue weighted by atomic mass is 9.98. The maximum atomic E-state index is 10.9. The molecule has 8 heteroatoms. The Morgan fingerprint density at radius 2 is 0.889 bits per heavy atom. The van der Waals surface area contributed by atoms with Gasteiger partial charge in [-0.15, -0.1) is 0 Å². The molecule has 1 aliphatic carbocycles. The van der Waals surface area contributed by atoms with Crippen LogP contribution in [0.1, 0.15) is 59.0 Å². The highest BCUT2D eigenvalue weighted by atomic mass is 16.4. The van der Waals surface area contributed by atoms with E-state index in [4.69, 9.17) is 20.4 Å². The molecule has 1 aliphatic rings. The third-order valence-corrected chi connectivity index (χ3v) is 4.12. The fourth-order valence-corrected chi connectivity index (χ4v) is 2.86. The Balaban J connectivity index is 0.000000199. The van der Waals surface area contributed by atoms with Crippen molar-refractivity contribution in [3.63, 3.8) is 0 Å². The predicted octanol–water partition coefficient (Wildman–Crippen LogP) is 2.65. The van der Waals surface area contributed by atoms with Gasteiger partial charge in [0.05, 0.1) is 22.3 Å². The first-order valence-corrected chi connectivity index (χ1v) is 7.90. The Hall–Kier alpha value is -3.68. The SMILES string of the molecule is O=C(O)c1ccc(C(=O)O)c2c1CCC2.O=C(O)c1ccc(C(=O)O)cc1. The zero-order valence-electron chi connectivity index (χ0n) is 14.0. The minimum absolute atomic E-state index is 0.0833. The molecule has 2 aromatic carbocycles. The van der Waals surface area contributed by atoms with Gasteiger partial charge in [0.15, 0.2) is 0 Å². The van der Waals surface area contributed by atoms with E-state index in [2.05, 4.69) is 0 Å². The van der Waals surface area contributed by atoms with Crippen molar-refractivity contribution in [2.75, 3.05) is 0 Å². The average molecular weight is 372 g/mol. The summed E-state index contributed by atoms with van der Waals surface area (Å²) in [5.74, 6) is -4.09. The van der Waals surface area contributed by atoms with E-state index in [0.29, 0.717) is 24.0 Å². The van der Waals surface area contributed by atoms with Crippen LogP contribution in [0, 0.1) is 0 Å². The molecular formula is C19H16O8. The maximum absolute atomic E-state index is 10.9. The molecule has 140 valence electrons. The number of hydrogen-bond donors (Lipinski definition) is 4. The van der Waals surface area contributed by atoms with Crippen LogP contribution < -0.4 is 0 Å². The van der Waals surface area contributed by atoms with Crippen LogP contribution in [-0.4, -0.2) is 44.3 Å². The van der Waals surface area contributed by atoms with Crippen LogP contribution >= 0.6 is 0 Å². The quantitative estimate of drug-likeness (QED) is 0.640. The van der Waals surface area contributed by atoms with E-state index in [1.54, 1.807) is 0 Å². The topological polar surface area (TPSA) is 149 Å². The van der Waals surface area contributed by atoms with Gasteiger partial charge in [-0.3, -0.25) is 0 Å². The van der Waals surface area contributed by atoms with E-state index in [-0.39, 0.29) is 22.3 Å². The molecule has 4 N–H and O–H groups in total. The molecule has 8 nitrogen and oxygen atoms in total. The van der Waals surface area contributed by atoms with E-state index < -0.39 is 23.9 Å². The van der Waals surface area contributed by atoms with Crippen LogP contribution in [0.2, 0.25) is 0 Å². The molecule has 0 fully saturated rings. The molecule has 0 unspecified atom stereocenters. The number of carboxylic acid groups (broad SMARTS) is 4. The van der Waals surface area contributed by atoms with Crippen molar-refractivity contribution >= 4 is 23.9 Å². The van der Waals surface area contributed by atoms with Gasteiger partial charge in [-0.05, 0) is 66.8 Å². The van der Waals surface area contributed by atoms with E-state index >= 15 is 0 Å². The molecule has 0 radical (unpaired) electrons. The van der Waals surface area contributed by atoms with E-state index in [1.165, 1.54) is 36.4 Å². The molecule has 27 heavy (non-hydrogen) atoms. The second-order valence-corrected chi connectivity index (χ2v) is 5.77. The molecular weight excluding hydrogens is 356 g/mol. The van der Waals surface area contributed by atoms with Gasteiger partial charge in [-0.2, -0.15) is 0 Å². The van der Waals surface area contributed by atoms with Crippen LogP contribution in [-0.2, 0) is 12.8 Å². The lowest BCUT2D eigenvalue weighted by molar-refractivity contribution is 0.0679. The van der Waals surface area contributed by atoms with Gasteiger partial charge >= 0.3 is 23.9 Å². The zero-order chi connectivity index (χ0) is 20.1. The fourth-order valence-electron chi connectivity index (χ4n) is 2.86. The van der Waals surface area contributed by atoms with E-state index in [9.17, 15) is 19.2 Å². The zero-order valence-corrected chi connectivity index (χ0v) is 14.0. The first-order chi connectivity index (χ1) is 12.7. The van der Waals surface area contributed by atoms with Crippen molar-refractivity contribution in [2.45, 2.75) is 19.3 Å². The Kier molecular flexibility index (Phi) is 5.92. The summed E-state index contributed by atoms with van der Waals surface area (Å²) in [6.45, 7) is 0. The number of fused-ring (bicyclic) bond motifs is 1. The molecule has 0 bridgehead atoms. The lowest BCUT2D eigenvalue weighted by Gasteiger charge is -2.07. The fraction of sp³-hybridized carbons (Fsp3) is 0.158. The number of benzene rings is 2. The Bertz CT molecular complexity index is 838. The van der Waals surface area contributed by atoms with Crippen molar-refractivity contribution in [1.82, 2.24) is 0 Å². The number of hydrogen-bond acceptors (Lipinski definition) is 4. The van der Waals surface area contributed by atoms with Gasteiger partial charge in [0.25, 0.3) is 0 Å². The minimum Gasteiger partial charge on any atom is -0.478 e. The maximum Gasteiger partial charge on any atom is 0.335 e. The molecule has 0 saturated heterocycles. The van der Waals surface area contributed by atoms with Crippen LogP contribution in [0.4, 0.5) is 0 Å². The van der Waals surface area contributed by atoms with Gasteiger partial charge in [0.1, 0.15) is 0 Å². The van der Waals surface area contributed by atoms with Crippen LogP contribution in [0.3, 0.4) is 0 Å². The van der Waals surface area contributed by atoms with Crippen molar-refractivity contribution in [3.8, 4) is 0 Å². The standard InChI is InChI=1S/C11H10O4.C8H6O4/c12-10(13)8-4-5-9(11(14)15)7-3-1-2-6(7)8;9-7(10)5-1-2-6(4-3-5)8(11)12/h4-5H,1-3H2,(H,12,13)(H,14,15);1-4H,(H,9,10)(H,11,12). The number of carbonyl (C=O) groups is 4. The minimum atomic E-state index is -1.06. The van der Waals surface area contributed by atoms with Crippen LogP contribution in [0.25, 0.3) is 0 Å². The van der Waals surface area contributed by atoms with Crippen molar-refractivity contribution in [2.24, 2.45) is 0 Å². The Morgan fingerprint density at radius 1 is 0.556 bits per heavy atom. The van der Waals surface area contributed by atoms with Gasteiger partial charge in [0, 0.05) is 0 Å². The predicted molar refractivity (Wildman–Crippen MR) is 92.7 cm³/mol. The average Bonchev–Trinajstić information content (AvgIpc) is 3.10. The van der Waals surface area contributed by atoms with Gasteiger partial charge in [-0.1, -0.05) is 0 Å². The molecule has 0 saturated carbocycles. The highest BCUT2D eigenvalue weighted by Crippen LogP contribution is 2.28. The van der Waals surface area contributed by atoms with Gasteiger partial charge < -0.3 is 20.4 Å². The summed E-state index contributed by atoms with van der Waals surface area (Å²) in [5, 5.41) is 34.8. The van der Waals surface area contributed by atoms with Gasteiger partial charge in [-0.25, -0.2) is 19.2 Å². The summed E-state index contributed by atoms with van der Waals surface area (Å²) in [4.78, 5) is 42.5. The highest BCUT2D eigenvalue weighted by Gasteiger charge is 2.23. The second kappa shape index (κ2) is 8.13. The van der Waals surface area contributed by atoms with Gasteiger partial charge in [0.2, 0.25) is 0 Å². The number of rotatable bonds is 4. The first-order valence-electron chi connectivity index (χ1n) is 7.90. The lowest BCUT2D eigenvalue weighted by Crippen LogP contribution is -2.07. The second-order valence-electron chi connectivity index (χ2n) is 5.77. The number of aromatic carboxylic acids is 4. The monoisotopic (exact) mass is 372 g/mol. The molecule has 0 aliphatic heterocycles. The molecule has 0 aromatic heterocycles. The highest BCUT2D eigenvalue weighted by molar-refractivity contribution is 5.95. The Morgan fingerprint density at radius 3 is 1.15 bits per heavy atom. The van der Waals surface area contributed by atoms with Crippen LogP contribution in [0.15, 0.2) is 36.4 Å². The summed E-state index contributed by atoms with van der Waals surface area (Å²) in [6.07, 6.45) is 2.16. The summed E-state index contributed by atoms with van der Waals surface area (Å²) in [7, 11) is 0. The van der Waals surface area contributed by atoms with Crippen molar-refractivity contribution in [1.29, 1.82) is 0 Å². The van der Waals surface area contributed by atoms with Crippen molar-refractivity contribution < 1.29 is 39.6 Å². The summed E-state index contributed by atoms with van der Waals surface area (Å²) in [5.41, 5.74) is 2.05. The molecule has 0 heterocycles. The largest absolute Gasteiger partial charge is 0.478 e. The molecule has 3 rings (SSSR count). The van der Waals surface area contributed by atoms with Crippen molar-refractivity contribution in [3.05, 3.63) is 69.8 Å². The smallest absolute Gasteiger partial charge is 0.335 e. The summed E-state index contributed by atoms with van der Waals surface area (Å²) >= 11 is 0. The molecule has 2 aromatic rings. The third-order valence-electron chi connectivity index (χ3n) is 4.12. The molecule has 0 atom stereocenters. The normalized spacial score (nSPS) is 11.7. The first kappa shape index (κ1) is 19.6. The molecule has 0 amide bonds. The van der Waals surface area contributed by atoms with Crippen LogP contribution in [0.5, 0.6) is 0 Å². The molecule has 0 spiro atoms. The summed E-state index contributed by atoms with van der Waals surface area (Å²) < 4.78 is 0. The Labute approximate surface area is 153 Å². The van der Waals surface area contributed by atoms with E-state index in [0.717, 1.165) is 6.42 Å². The number of carboxylic acids is 4. The van der Waals surface area contributed by atoms with E-state index in [1.807, 2.05) is 0 Å². The summed E-state index contributed by atoms with van der Waals surface area (Å²) in [6, 6.07) is 7.79.